The summed E-state index contributed by atoms with van der Waals surface area (Å²) in [5.41, 5.74) is 3.82. The fraction of sp³-hybridized carbons (Fsp3) is 0.562. The number of anilines is 1. The summed E-state index contributed by atoms with van der Waals surface area (Å²) in [6, 6.07) is 9.00. The van der Waals surface area contributed by atoms with E-state index in [1.807, 2.05) is 0 Å². The molecule has 0 unspecified atom stereocenters. The van der Waals surface area contributed by atoms with Crippen molar-refractivity contribution in [3.8, 4) is 6.07 Å². The summed E-state index contributed by atoms with van der Waals surface area (Å²) in [6.45, 7) is 9.55. The molecule has 0 amide bonds. The molecule has 0 heterocycles. The summed E-state index contributed by atoms with van der Waals surface area (Å²) >= 11 is 0. The molecule has 2 nitrogen and oxygen atoms in total. The molecule has 1 N–H and O–H groups in total. The molecule has 0 aromatic heterocycles. The molecule has 0 bridgehead atoms. The molecule has 0 spiro atoms. The predicted octanol–water partition coefficient (Wildman–Crippen LogP) is 4.01. The molecule has 1 aliphatic rings. The molecule has 2 heteroatoms. The lowest BCUT2D eigenvalue weighted by atomic mass is 9.86. The smallest absolute Gasteiger partial charge is 0.0747 e. The summed E-state index contributed by atoms with van der Waals surface area (Å²) in [5, 5.41) is 12.6. The number of hydrogen-bond acceptors (Lipinski definition) is 2. The maximum absolute atomic E-state index is 9.10. The number of nitrogens with one attached hydrogen (secondary N) is 1. The van der Waals surface area contributed by atoms with Gasteiger partial charge in [0, 0.05) is 12.2 Å². The van der Waals surface area contributed by atoms with E-state index in [1.165, 1.54) is 16.8 Å². The molecule has 0 aliphatic heterocycles. The van der Waals surface area contributed by atoms with Crippen molar-refractivity contribution in [3.63, 3.8) is 0 Å². The minimum absolute atomic E-state index is 0.0931. The van der Waals surface area contributed by atoms with Gasteiger partial charge in [0.25, 0.3) is 0 Å². The first kappa shape index (κ1) is 13.0. The number of nitriles is 1. The average Bonchev–Trinajstić information content (AvgIpc) is 3.07. The molecule has 1 aromatic rings. The van der Waals surface area contributed by atoms with Gasteiger partial charge in [-0.3, -0.25) is 0 Å². The molecule has 1 aromatic carbocycles. The zero-order valence-electron chi connectivity index (χ0n) is 11.8. The highest BCUT2D eigenvalue weighted by Crippen LogP contribution is 2.45. The number of aryl methyl sites for hydroxylation is 1. The van der Waals surface area contributed by atoms with E-state index >= 15 is 0 Å². The fourth-order valence-electron chi connectivity index (χ4n) is 2.02. The largest absolute Gasteiger partial charge is 0.383 e. The van der Waals surface area contributed by atoms with E-state index < -0.39 is 0 Å². The van der Waals surface area contributed by atoms with Crippen molar-refractivity contribution in [2.75, 3.05) is 11.9 Å². The van der Waals surface area contributed by atoms with Gasteiger partial charge in [-0.25, -0.2) is 0 Å². The van der Waals surface area contributed by atoms with E-state index in [0.717, 1.165) is 19.4 Å². The van der Waals surface area contributed by atoms with Crippen LogP contribution in [0.1, 0.15) is 44.7 Å². The number of rotatable bonds is 3. The van der Waals surface area contributed by atoms with Crippen LogP contribution in [0.25, 0.3) is 0 Å². The Morgan fingerprint density at radius 3 is 2.50 bits per heavy atom. The van der Waals surface area contributed by atoms with E-state index in [9.17, 15) is 0 Å². The summed E-state index contributed by atoms with van der Waals surface area (Å²) in [5.74, 6) is 0. The molecule has 2 rings (SSSR count). The van der Waals surface area contributed by atoms with Crippen molar-refractivity contribution in [1.82, 2.24) is 0 Å². The lowest BCUT2D eigenvalue weighted by molar-refractivity contribution is 0.590. The Hall–Kier alpha value is -1.49. The Morgan fingerprint density at radius 1 is 1.33 bits per heavy atom. The van der Waals surface area contributed by atoms with Crippen molar-refractivity contribution in [1.29, 1.82) is 5.26 Å². The first-order chi connectivity index (χ1) is 8.36. The van der Waals surface area contributed by atoms with Crippen molar-refractivity contribution >= 4 is 5.69 Å². The van der Waals surface area contributed by atoms with Gasteiger partial charge in [-0.1, -0.05) is 32.9 Å². The zero-order chi connectivity index (χ0) is 13.4. The summed E-state index contributed by atoms with van der Waals surface area (Å²) in [4.78, 5) is 0. The third kappa shape index (κ3) is 2.67. The second-order valence-electron chi connectivity index (χ2n) is 6.53. The van der Waals surface area contributed by atoms with Gasteiger partial charge in [0.05, 0.1) is 11.5 Å². The van der Waals surface area contributed by atoms with Gasteiger partial charge >= 0.3 is 0 Å². The average molecular weight is 242 g/mol. The SMILES string of the molecule is Cc1ccc(C(C)(C)C)cc1NCC1(C#N)CC1. The van der Waals surface area contributed by atoms with Crippen LogP contribution in [0.5, 0.6) is 0 Å². The molecular formula is C16H22N2. The van der Waals surface area contributed by atoms with E-state index in [-0.39, 0.29) is 10.8 Å². The highest BCUT2D eigenvalue weighted by molar-refractivity contribution is 5.54. The molecule has 0 saturated heterocycles. The molecule has 1 saturated carbocycles. The van der Waals surface area contributed by atoms with E-state index in [1.54, 1.807) is 0 Å². The fourth-order valence-corrected chi connectivity index (χ4v) is 2.02. The van der Waals surface area contributed by atoms with Crippen LogP contribution in [0.2, 0.25) is 0 Å². The van der Waals surface area contributed by atoms with Gasteiger partial charge in [0.1, 0.15) is 0 Å². The monoisotopic (exact) mass is 242 g/mol. The Balaban J connectivity index is 2.15. The predicted molar refractivity (Wildman–Crippen MR) is 75.6 cm³/mol. The Labute approximate surface area is 110 Å². The highest BCUT2D eigenvalue weighted by atomic mass is 14.9. The van der Waals surface area contributed by atoms with Crippen LogP contribution in [0.15, 0.2) is 18.2 Å². The molecular weight excluding hydrogens is 220 g/mol. The number of benzene rings is 1. The van der Waals surface area contributed by atoms with Gasteiger partial charge in [-0.05, 0) is 42.4 Å². The van der Waals surface area contributed by atoms with Gasteiger partial charge in [-0.2, -0.15) is 5.26 Å². The number of nitrogens with zero attached hydrogens (tertiary/aromatic N) is 1. The van der Waals surface area contributed by atoms with Crippen molar-refractivity contribution in [2.45, 2.75) is 46.0 Å². The Morgan fingerprint density at radius 2 is 2.00 bits per heavy atom. The third-order valence-electron chi connectivity index (χ3n) is 3.81. The summed E-state index contributed by atoms with van der Waals surface area (Å²) in [7, 11) is 0. The van der Waals surface area contributed by atoms with Crippen molar-refractivity contribution in [2.24, 2.45) is 5.41 Å². The number of hydrogen-bond donors (Lipinski definition) is 1. The van der Waals surface area contributed by atoms with Crippen LogP contribution >= 0.6 is 0 Å². The second-order valence-corrected chi connectivity index (χ2v) is 6.53. The van der Waals surface area contributed by atoms with Crippen LogP contribution in [-0.2, 0) is 5.41 Å². The van der Waals surface area contributed by atoms with Gasteiger partial charge in [0.2, 0.25) is 0 Å². The van der Waals surface area contributed by atoms with Gasteiger partial charge in [-0.15, -0.1) is 0 Å². The first-order valence-corrected chi connectivity index (χ1v) is 6.63. The van der Waals surface area contributed by atoms with Crippen LogP contribution in [0, 0.1) is 23.7 Å². The van der Waals surface area contributed by atoms with Crippen molar-refractivity contribution in [3.05, 3.63) is 29.3 Å². The maximum atomic E-state index is 9.10. The molecule has 0 radical (unpaired) electrons. The molecule has 18 heavy (non-hydrogen) atoms. The summed E-state index contributed by atoms with van der Waals surface area (Å²) < 4.78 is 0. The van der Waals surface area contributed by atoms with Gasteiger partial charge in [0.15, 0.2) is 0 Å². The highest BCUT2D eigenvalue weighted by Gasteiger charge is 2.42. The first-order valence-electron chi connectivity index (χ1n) is 6.63. The van der Waals surface area contributed by atoms with Crippen molar-refractivity contribution < 1.29 is 0 Å². The van der Waals surface area contributed by atoms with Gasteiger partial charge < -0.3 is 5.32 Å². The quantitative estimate of drug-likeness (QED) is 0.869. The van der Waals surface area contributed by atoms with Crippen LogP contribution in [0.3, 0.4) is 0 Å². The molecule has 0 atom stereocenters. The second kappa shape index (κ2) is 4.31. The zero-order valence-corrected chi connectivity index (χ0v) is 11.8. The lowest BCUT2D eigenvalue weighted by Crippen LogP contribution is -2.16. The van der Waals surface area contributed by atoms with Crippen LogP contribution in [-0.4, -0.2) is 6.54 Å². The minimum Gasteiger partial charge on any atom is -0.383 e. The van der Waals surface area contributed by atoms with E-state index in [4.69, 9.17) is 5.26 Å². The third-order valence-corrected chi connectivity index (χ3v) is 3.81. The van der Waals surface area contributed by atoms with Crippen LogP contribution < -0.4 is 5.32 Å². The molecule has 1 aliphatic carbocycles. The Kier molecular flexibility index (Phi) is 3.11. The van der Waals surface area contributed by atoms with Crippen LogP contribution in [0.4, 0.5) is 5.69 Å². The maximum Gasteiger partial charge on any atom is 0.0747 e. The lowest BCUT2D eigenvalue weighted by Gasteiger charge is -2.21. The molecule has 96 valence electrons. The van der Waals surface area contributed by atoms with E-state index in [0.29, 0.717) is 0 Å². The minimum atomic E-state index is -0.0931. The summed E-state index contributed by atoms with van der Waals surface area (Å²) in [6.07, 6.45) is 2.07. The Bertz CT molecular complexity index is 485. The molecule has 1 fully saturated rings. The standard InChI is InChI=1S/C16H22N2/c1-12-5-6-13(15(2,3)4)9-14(12)18-11-16(10-17)7-8-16/h5-6,9,18H,7-8,11H2,1-4H3. The normalized spacial score (nSPS) is 17.1. The topological polar surface area (TPSA) is 35.8 Å². The van der Waals surface area contributed by atoms with E-state index in [2.05, 4.69) is 57.3 Å².